The smallest absolute Gasteiger partial charge is 0.189 e. The van der Waals surface area contributed by atoms with E-state index in [9.17, 15) is 0 Å². The average molecular weight is 366 g/mol. The molecule has 0 spiro atoms. The molecule has 6 heteroatoms. The third kappa shape index (κ3) is 3.39. The van der Waals surface area contributed by atoms with Gasteiger partial charge in [0.15, 0.2) is 5.96 Å². The van der Waals surface area contributed by atoms with Crippen LogP contribution in [0.3, 0.4) is 0 Å². The molecule has 3 rings (SSSR count). The number of aliphatic imine (C=N–C) groups is 1. The van der Waals surface area contributed by atoms with E-state index in [1.807, 2.05) is 23.6 Å². The van der Waals surface area contributed by atoms with Crippen LogP contribution in [0.4, 0.5) is 0 Å². The molecule has 21 heavy (non-hydrogen) atoms. The van der Waals surface area contributed by atoms with Crippen molar-refractivity contribution >= 4 is 33.2 Å². The van der Waals surface area contributed by atoms with E-state index in [2.05, 4.69) is 38.4 Å². The van der Waals surface area contributed by atoms with Gasteiger partial charge in [-0.1, -0.05) is 18.2 Å². The fourth-order valence-electron chi connectivity index (χ4n) is 2.32. The van der Waals surface area contributed by atoms with Gasteiger partial charge in [0.1, 0.15) is 5.75 Å². The van der Waals surface area contributed by atoms with Gasteiger partial charge in [0.05, 0.1) is 23.0 Å². The number of benzene rings is 1. The molecule has 2 aromatic rings. The number of halogens is 1. The summed E-state index contributed by atoms with van der Waals surface area (Å²) in [4.78, 5) is 4.41. The second kappa shape index (κ2) is 6.49. The first kappa shape index (κ1) is 14.4. The fraction of sp³-hybridized carbons (Fsp3) is 0.267. The second-order valence-corrected chi connectivity index (χ2v) is 7.03. The fourth-order valence-corrected chi connectivity index (χ4v) is 3.54. The molecule has 1 aliphatic rings. The van der Waals surface area contributed by atoms with E-state index in [0.29, 0.717) is 19.1 Å². The van der Waals surface area contributed by atoms with Gasteiger partial charge < -0.3 is 15.8 Å². The lowest BCUT2D eigenvalue weighted by molar-refractivity contribution is 0.262. The summed E-state index contributed by atoms with van der Waals surface area (Å²) in [6, 6.07) is 10.2. The molecule has 3 N–H and O–H groups in total. The highest BCUT2D eigenvalue weighted by molar-refractivity contribution is 9.11. The molecule has 1 aromatic heterocycles. The number of fused-ring (bicyclic) bond motifs is 1. The molecule has 1 aromatic carbocycles. The number of nitrogens with one attached hydrogen (secondary N) is 1. The van der Waals surface area contributed by atoms with Gasteiger partial charge in [-0.25, -0.2) is 4.99 Å². The third-order valence-electron chi connectivity index (χ3n) is 3.39. The summed E-state index contributed by atoms with van der Waals surface area (Å²) in [7, 11) is 0. The van der Waals surface area contributed by atoms with E-state index in [1.54, 1.807) is 11.3 Å². The number of hydrogen-bond donors (Lipinski definition) is 2. The van der Waals surface area contributed by atoms with Crippen molar-refractivity contribution < 1.29 is 4.74 Å². The SMILES string of the molecule is NC(=NCc1ccsc1Br)NC1CCOc2ccccc21. The Morgan fingerprint density at radius 3 is 3.10 bits per heavy atom. The van der Waals surface area contributed by atoms with Crippen LogP contribution in [0.1, 0.15) is 23.6 Å². The summed E-state index contributed by atoms with van der Waals surface area (Å²) in [5, 5.41) is 5.33. The van der Waals surface area contributed by atoms with E-state index in [1.165, 1.54) is 0 Å². The van der Waals surface area contributed by atoms with Crippen molar-refractivity contribution in [3.05, 3.63) is 50.6 Å². The number of guanidine groups is 1. The number of rotatable bonds is 3. The first-order valence-corrected chi connectivity index (χ1v) is 8.41. The zero-order valence-electron chi connectivity index (χ0n) is 11.4. The Balaban J connectivity index is 1.68. The Morgan fingerprint density at radius 2 is 2.29 bits per heavy atom. The molecule has 1 aliphatic heterocycles. The van der Waals surface area contributed by atoms with E-state index in [4.69, 9.17) is 10.5 Å². The molecule has 110 valence electrons. The molecule has 0 amide bonds. The molecule has 1 atom stereocenters. The summed E-state index contributed by atoms with van der Waals surface area (Å²) in [6.45, 7) is 1.27. The molecule has 0 saturated heterocycles. The molecule has 1 unspecified atom stereocenters. The topological polar surface area (TPSA) is 59.6 Å². The number of ether oxygens (including phenoxy) is 1. The maximum absolute atomic E-state index is 6.01. The van der Waals surface area contributed by atoms with Crippen molar-refractivity contribution in [3.63, 3.8) is 0 Å². The number of hydrogen-bond acceptors (Lipinski definition) is 3. The molecule has 4 nitrogen and oxygen atoms in total. The molecular weight excluding hydrogens is 350 g/mol. The largest absolute Gasteiger partial charge is 0.493 e. The highest BCUT2D eigenvalue weighted by Gasteiger charge is 2.21. The maximum atomic E-state index is 6.01. The minimum atomic E-state index is 0.157. The van der Waals surface area contributed by atoms with Crippen LogP contribution >= 0.6 is 27.3 Å². The van der Waals surface area contributed by atoms with Crippen LogP contribution in [-0.4, -0.2) is 12.6 Å². The highest BCUT2D eigenvalue weighted by Crippen LogP contribution is 2.31. The average Bonchev–Trinajstić information content (AvgIpc) is 2.91. The molecule has 0 fully saturated rings. The number of nitrogens with zero attached hydrogens (tertiary/aromatic N) is 1. The maximum Gasteiger partial charge on any atom is 0.189 e. The van der Waals surface area contributed by atoms with Crippen molar-refractivity contribution in [3.8, 4) is 5.75 Å². The number of thiophene rings is 1. The zero-order chi connectivity index (χ0) is 14.7. The van der Waals surface area contributed by atoms with Crippen molar-refractivity contribution in [1.29, 1.82) is 0 Å². The lowest BCUT2D eigenvalue weighted by atomic mass is 10.0. The predicted octanol–water partition coefficient (Wildman–Crippen LogP) is 3.44. The lowest BCUT2D eigenvalue weighted by Gasteiger charge is -2.26. The Kier molecular flexibility index (Phi) is 4.45. The normalized spacial score (nSPS) is 18.0. The van der Waals surface area contributed by atoms with Crippen molar-refractivity contribution in [1.82, 2.24) is 5.32 Å². The van der Waals surface area contributed by atoms with Crippen molar-refractivity contribution in [2.24, 2.45) is 10.7 Å². The van der Waals surface area contributed by atoms with E-state index < -0.39 is 0 Å². The minimum absolute atomic E-state index is 0.157. The summed E-state index contributed by atoms with van der Waals surface area (Å²) in [5.74, 6) is 1.39. The van der Waals surface area contributed by atoms with E-state index in [-0.39, 0.29) is 6.04 Å². The standard InChI is InChI=1S/C15H16BrN3OS/c16-14-10(6-8-21-14)9-18-15(17)19-12-5-7-20-13-4-2-1-3-11(12)13/h1-4,6,8,12H,5,7,9H2,(H3,17,18,19). The summed E-state index contributed by atoms with van der Waals surface area (Å²) >= 11 is 5.16. The Hall–Kier alpha value is -1.53. The molecule has 0 radical (unpaired) electrons. The van der Waals surface area contributed by atoms with E-state index >= 15 is 0 Å². The van der Waals surface area contributed by atoms with Crippen LogP contribution in [0, 0.1) is 0 Å². The Bertz CT molecular complexity index is 656. The zero-order valence-corrected chi connectivity index (χ0v) is 13.8. The molecular formula is C15H16BrN3OS. The molecule has 0 aliphatic carbocycles. The summed E-state index contributed by atoms with van der Waals surface area (Å²) in [5.41, 5.74) is 8.30. The van der Waals surface area contributed by atoms with E-state index in [0.717, 1.165) is 27.1 Å². The van der Waals surface area contributed by atoms with Gasteiger partial charge in [0.25, 0.3) is 0 Å². The van der Waals surface area contributed by atoms with Gasteiger partial charge in [-0.3, -0.25) is 0 Å². The van der Waals surface area contributed by atoms with Crippen LogP contribution in [0.5, 0.6) is 5.75 Å². The van der Waals surface area contributed by atoms with Gasteiger partial charge in [-0.2, -0.15) is 0 Å². The molecule has 0 bridgehead atoms. The van der Waals surface area contributed by atoms with Gasteiger partial charge in [-0.15, -0.1) is 11.3 Å². The summed E-state index contributed by atoms with van der Waals surface area (Å²) in [6.07, 6.45) is 0.884. The third-order valence-corrected chi connectivity index (χ3v) is 5.20. The van der Waals surface area contributed by atoms with Crippen LogP contribution in [0.25, 0.3) is 0 Å². The first-order valence-electron chi connectivity index (χ1n) is 6.74. The van der Waals surface area contributed by atoms with Gasteiger partial charge in [0.2, 0.25) is 0 Å². The number of para-hydroxylation sites is 1. The molecule has 2 heterocycles. The quantitative estimate of drug-likeness (QED) is 0.646. The van der Waals surface area contributed by atoms with Crippen LogP contribution in [0.15, 0.2) is 44.5 Å². The van der Waals surface area contributed by atoms with Crippen LogP contribution in [0.2, 0.25) is 0 Å². The van der Waals surface area contributed by atoms with Crippen molar-refractivity contribution in [2.75, 3.05) is 6.61 Å². The van der Waals surface area contributed by atoms with Crippen LogP contribution in [-0.2, 0) is 6.54 Å². The Labute approximate surface area is 136 Å². The monoisotopic (exact) mass is 365 g/mol. The lowest BCUT2D eigenvalue weighted by Crippen LogP contribution is -2.37. The van der Waals surface area contributed by atoms with Gasteiger partial charge in [-0.05, 0) is 39.0 Å². The second-order valence-electron chi connectivity index (χ2n) is 4.79. The highest BCUT2D eigenvalue weighted by atomic mass is 79.9. The first-order chi connectivity index (χ1) is 10.2. The van der Waals surface area contributed by atoms with Gasteiger partial charge in [0, 0.05) is 12.0 Å². The minimum Gasteiger partial charge on any atom is -0.493 e. The predicted molar refractivity (Wildman–Crippen MR) is 89.8 cm³/mol. The van der Waals surface area contributed by atoms with Gasteiger partial charge >= 0.3 is 0 Å². The van der Waals surface area contributed by atoms with Crippen LogP contribution < -0.4 is 15.8 Å². The number of nitrogens with two attached hydrogens (primary N) is 1. The molecule has 0 saturated carbocycles. The van der Waals surface area contributed by atoms with Crippen molar-refractivity contribution in [2.45, 2.75) is 19.0 Å². The Morgan fingerprint density at radius 1 is 1.43 bits per heavy atom. The summed E-state index contributed by atoms with van der Waals surface area (Å²) < 4.78 is 6.75.